The van der Waals surface area contributed by atoms with Gasteiger partial charge in [0.05, 0.1) is 4.99 Å². The van der Waals surface area contributed by atoms with Gasteiger partial charge in [-0.15, -0.1) is 0 Å². The van der Waals surface area contributed by atoms with E-state index in [9.17, 15) is 5.11 Å². The molecule has 0 aliphatic rings. The molecule has 0 spiro atoms. The van der Waals surface area contributed by atoms with Crippen LogP contribution < -0.4 is 5.32 Å². The zero-order chi connectivity index (χ0) is 15.0. The lowest BCUT2D eigenvalue weighted by Crippen LogP contribution is -2.18. The first kappa shape index (κ1) is 16.0. The number of nitrogens with one attached hydrogen (secondary N) is 1. The molecule has 0 aliphatic carbocycles. The molecule has 1 rings (SSSR count). The molecule has 0 unspecified atom stereocenters. The maximum Gasteiger partial charge on any atom is 0.123 e. The summed E-state index contributed by atoms with van der Waals surface area (Å²) in [6.45, 7) is 14.5. The minimum atomic E-state index is -0.114. The molecule has 0 aliphatic heterocycles. The van der Waals surface area contributed by atoms with E-state index in [-0.39, 0.29) is 10.8 Å². The Kier molecular flexibility index (Phi) is 4.30. The van der Waals surface area contributed by atoms with Crippen molar-refractivity contribution in [3.8, 4) is 5.75 Å². The molecular weight excluding hydrogens is 254 g/mol. The highest BCUT2D eigenvalue weighted by molar-refractivity contribution is 7.80. The number of benzene rings is 1. The monoisotopic (exact) mass is 279 g/mol. The smallest absolute Gasteiger partial charge is 0.123 e. The SMILES string of the molecule is CC(=S)Nc1cc(C(C)(C)C)c(O)c(C(C)(C)C)c1. The molecule has 0 fully saturated rings. The number of hydrogen-bond acceptors (Lipinski definition) is 2. The normalized spacial score (nSPS) is 12.4. The standard InChI is InChI=1S/C16H25NOS/c1-10(19)17-11-8-12(15(2,3)4)14(18)13(9-11)16(5,6)7/h8-9,18H,1-7H3,(H,17,19). The molecule has 0 heterocycles. The first-order valence-corrected chi connectivity index (χ1v) is 6.99. The Hall–Kier alpha value is -1.09. The van der Waals surface area contributed by atoms with Gasteiger partial charge in [0.15, 0.2) is 0 Å². The van der Waals surface area contributed by atoms with Crippen LogP contribution in [0.15, 0.2) is 12.1 Å². The zero-order valence-corrected chi connectivity index (χ0v) is 13.8. The third-order valence-electron chi connectivity index (χ3n) is 3.05. The number of aromatic hydroxyl groups is 1. The summed E-state index contributed by atoms with van der Waals surface area (Å²) in [6.07, 6.45) is 0. The molecule has 0 radical (unpaired) electrons. The molecule has 0 aromatic heterocycles. The van der Waals surface area contributed by atoms with E-state index < -0.39 is 0 Å². The highest BCUT2D eigenvalue weighted by Gasteiger charge is 2.26. The van der Waals surface area contributed by atoms with E-state index in [1.807, 2.05) is 19.1 Å². The molecule has 3 heteroatoms. The van der Waals surface area contributed by atoms with Gasteiger partial charge in [0.2, 0.25) is 0 Å². The van der Waals surface area contributed by atoms with Crippen molar-refractivity contribution in [3.05, 3.63) is 23.3 Å². The lowest BCUT2D eigenvalue weighted by molar-refractivity contribution is 0.423. The van der Waals surface area contributed by atoms with Crippen LogP contribution in [-0.2, 0) is 10.8 Å². The van der Waals surface area contributed by atoms with Crippen molar-refractivity contribution in [2.24, 2.45) is 0 Å². The summed E-state index contributed by atoms with van der Waals surface area (Å²) in [5.74, 6) is 0.396. The first-order chi connectivity index (χ1) is 8.43. The lowest BCUT2D eigenvalue weighted by atomic mass is 9.79. The van der Waals surface area contributed by atoms with E-state index in [4.69, 9.17) is 12.2 Å². The van der Waals surface area contributed by atoms with Crippen LogP contribution in [0.2, 0.25) is 0 Å². The molecule has 0 bridgehead atoms. The van der Waals surface area contributed by atoms with Gasteiger partial charge in [0, 0.05) is 16.8 Å². The summed E-state index contributed by atoms with van der Waals surface area (Å²) in [6, 6.07) is 3.97. The van der Waals surface area contributed by atoms with E-state index in [1.54, 1.807) is 0 Å². The highest BCUT2D eigenvalue weighted by Crippen LogP contribution is 2.40. The van der Waals surface area contributed by atoms with E-state index in [1.165, 1.54) is 0 Å². The lowest BCUT2D eigenvalue weighted by Gasteiger charge is -2.28. The molecule has 0 saturated carbocycles. The van der Waals surface area contributed by atoms with Crippen LogP contribution in [0.25, 0.3) is 0 Å². The molecule has 1 aromatic rings. The van der Waals surface area contributed by atoms with Crippen molar-refractivity contribution in [3.63, 3.8) is 0 Å². The number of phenols is 1. The fourth-order valence-electron chi connectivity index (χ4n) is 2.05. The Bertz CT molecular complexity index is 457. The average Bonchev–Trinajstić information content (AvgIpc) is 2.16. The third kappa shape index (κ3) is 3.93. The van der Waals surface area contributed by atoms with Crippen LogP contribution >= 0.6 is 12.2 Å². The van der Waals surface area contributed by atoms with Crippen LogP contribution in [0.3, 0.4) is 0 Å². The predicted molar refractivity (Wildman–Crippen MR) is 87.4 cm³/mol. The second kappa shape index (κ2) is 5.12. The van der Waals surface area contributed by atoms with Crippen LogP contribution in [0.4, 0.5) is 5.69 Å². The van der Waals surface area contributed by atoms with Gasteiger partial charge in [-0.2, -0.15) is 0 Å². The fraction of sp³-hybridized carbons (Fsp3) is 0.562. The number of phenolic OH excluding ortho intramolecular Hbond substituents is 1. The van der Waals surface area contributed by atoms with Crippen LogP contribution in [-0.4, -0.2) is 10.1 Å². The molecule has 1 aromatic carbocycles. The molecule has 19 heavy (non-hydrogen) atoms. The van der Waals surface area contributed by atoms with Gasteiger partial charge in [-0.05, 0) is 29.9 Å². The van der Waals surface area contributed by atoms with Crippen LogP contribution in [0.1, 0.15) is 59.6 Å². The van der Waals surface area contributed by atoms with E-state index >= 15 is 0 Å². The van der Waals surface area contributed by atoms with Crippen molar-refractivity contribution >= 4 is 22.9 Å². The van der Waals surface area contributed by atoms with Gasteiger partial charge < -0.3 is 10.4 Å². The van der Waals surface area contributed by atoms with Gasteiger partial charge >= 0.3 is 0 Å². The molecule has 0 saturated heterocycles. The first-order valence-electron chi connectivity index (χ1n) is 6.58. The molecule has 0 atom stereocenters. The molecular formula is C16H25NOS. The van der Waals surface area contributed by atoms with E-state index in [0.29, 0.717) is 5.75 Å². The van der Waals surface area contributed by atoms with E-state index in [2.05, 4.69) is 46.9 Å². The minimum absolute atomic E-state index is 0.114. The average molecular weight is 279 g/mol. The third-order valence-corrected chi connectivity index (χ3v) is 3.15. The highest BCUT2D eigenvalue weighted by atomic mass is 32.1. The Morgan fingerprint density at radius 3 is 1.63 bits per heavy atom. The van der Waals surface area contributed by atoms with Crippen molar-refractivity contribution in [2.45, 2.75) is 59.3 Å². The van der Waals surface area contributed by atoms with Crippen molar-refractivity contribution in [2.75, 3.05) is 5.32 Å². The van der Waals surface area contributed by atoms with Gasteiger partial charge in [-0.25, -0.2) is 0 Å². The largest absolute Gasteiger partial charge is 0.507 e. The van der Waals surface area contributed by atoms with Crippen molar-refractivity contribution in [1.82, 2.24) is 0 Å². The molecule has 2 nitrogen and oxygen atoms in total. The summed E-state index contributed by atoms with van der Waals surface area (Å²) >= 11 is 5.11. The molecule has 0 amide bonds. The predicted octanol–water partition coefficient (Wildman–Crippen LogP) is 4.75. The second-order valence-electron chi connectivity index (χ2n) is 7.10. The quantitative estimate of drug-likeness (QED) is 0.575. The maximum atomic E-state index is 10.6. The second-order valence-corrected chi connectivity index (χ2v) is 7.71. The van der Waals surface area contributed by atoms with Crippen LogP contribution in [0.5, 0.6) is 5.75 Å². The summed E-state index contributed by atoms with van der Waals surface area (Å²) in [4.78, 5) is 0.727. The minimum Gasteiger partial charge on any atom is -0.507 e. The van der Waals surface area contributed by atoms with Gasteiger partial charge in [0.25, 0.3) is 0 Å². The zero-order valence-electron chi connectivity index (χ0n) is 13.0. The Balaban J connectivity index is 3.52. The Morgan fingerprint density at radius 1 is 1.00 bits per heavy atom. The van der Waals surface area contributed by atoms with Crippen LogP contribution in [0, 0.1) is 0 Å². The van der Waals surface area contributed by atoms with Gasteiger partial charge in [-0.1, -0.05) is 53.8 Å². The van der Waals surface area contributed by atoms with Gasteiger partial charge in [0.1, 0.15) is 5.75 Å². The maximum absolute atomic E-state index is 10.6. The summed E-state index contributed by atoms with van der Waals surface area (Å²) in [5.41, 5.74) is 2.60. The number of hydrogen-bond donors (Lipinski definition) is 2. The van der Waals surface area contributed by atoms with Gasteiger partial charge in [-0.3, -0.25) is 0 Å². The van der Waals surface area contributed by atoms with E-state index in [0.717, 1.165) is 21.8 Å². The Labute approximate surface area is 122 Å². The number of thiocarbonyl (C=S) groups is 1. The summed E-state index contributed by atoms with van der Waals surface area (Å²) < 4.78 is 0. The molecule has 106 valence electrons. The number of anilines is 1. The molecule has 2 N–H and O–H groups in total. The Morgan fingerprint density at radius 2 is 1.37 bits per heavy atom. The van der Waals surface area contributed by atoms with Crippen molar-refractivity contribution < 1.29 is 5.11 Å². The topological polar surface area (TPSA) is 32.3 Å². The fourth-order valence-corrected chi connectivity index (χ4v) is 2.17. The summed E-state index contributed by atoms with van der Waals surface area (Å²) in [7, 11) is 0. The number of rotatable bonds is 1. The van der Waals surface area contributed by atoms with Crippen molar-refractivity contribution in [1.29, 1.82) is 0 Å². The summed E-state index contributed by atoms with van der Waals surface area (Å²) in [5, 5.41) is 13.7.